The number of hydrogen-bond donors (Lipinski definition) is 1. The molecule has 1 aromatic carbocycles. The summed E-state index contributed by atoms with van der Waals surface area (Å²) in [6.07, 6.45) is 3.42. The van der Waals surface area contributed by atoms with Gasteiger partial charge in [0.1, 0.15) is 11.4 Å². The molecule has 152 valence electrons. The van der Waals surface area contributed by atoms with Gasteiger partial charge in [-0.15, -0.1) is 0 Å². The lowest BCUT2D eigenvalue weighted by Crippen LogP contribution is -2.16. The molecule has 0 aliphatic heterocycles. The predicted octanol–water partition coefficient (Wildman–Crippen LogP) is 5.83. The van der Waals surface area contributed by atoms with Gasteiger partial charge in [0.05, 0.1) is 10.7 Å². The normalized spacial score (nSPS) is 11.5. The molecule has 0 bridgehead atoms. The van der Waals surface area contributed by atoms with Gasteiger partial charge in [0.15, 0.2) is 5.76 Å². The standard InChI is InChI=1S/C22H18Br2N4O2/c1-12-4-5-25-20(6-12)28-13(2)7-16(14(28)3)11-26-27-22(29)19-9-15-8-17(23)10-18(24)21(15)30-19/h4-11H,1-3H3,(H,27,29)/b26-11-. The van der Waals surface area contributed by atoms with Gasteiger partial charge in [0, 0.05) is 33.0 Å². The SMILES string of the molecule is Cc1ccnc(-n2c(C)cc(/C=N\NC(=O)c3cc4cc(Br)cc(Br)c4o3)c2C)c1. The Kier molecular flexibility index (Phi) is 5.62. The molecule has 0 unspecified atom stereocenters. The second-order valence-electron chi connectivity index (χ2n) is 6.97. The number of hydrogen-bond acceptors (Lipinski definition) is 4. The Morgan fingerprint density at radius 3 is 2.73 bits per heavy atom. The van der Waals surface area contributed by atoms with E-state index in [-0.39, 0.29) is 5.76 Å². The Balaban J connectivity index is 1.54. The third-order valence-corrected chi connectivity index (χ3v) is 5.78. The number of fused-ring (bicyclic) bond motifs is 1. The minimum absolute atomic E-state index is 0.190. The first-order valence-corrected chi connectivity index (χ1v) is 10.8. The molecule has 0 aliphatic carbocycles. The highest BCUT2D eigenvalue weighted by atomic mass is 79.9. The van der Waals surface area contributed by atoms with Crippen molar-refractivity contribution < 1.29 is 9.21 Å². The molecule has 0 saturated carbocycles. The third-order valence-electron chi connectivity index (χ3n) is 4.73. The zero-order valence-electron chi connectivity index (χ0n) is 16.5. The summed E-state index contributed by atoms with van der Waals surface area (Å²) in [5, 5.41) is 4.93. The molecule has 0 aliphatic rings. The van der Waals surface area contributed by atoms with Crippen LogP contribution in [0.2, 0.25) is 0 Å². The van der Waals surface area contributed by atoms with Crippen molar-refractivity contribution in [3.8, 4) is 5.82 Å². The molecule has 0 atom stereocenters. The number of rotatable bonds is 4. The van der Waals surface area contributed by atoms with Crippen molar-refractivity contribution in [3.05, 3.63) is 79.8 Å². The number of benzene rings is 1. The molecule has 8 heteroatoms. The molecule has 3 heterocycles. The largest absolute Gasteiger partial charge is 0.450 e. The van der Waals surface area contributed by atoms with E-state index in [9.17, 15) is 4.79 Å². The van der Waals surface area contributed by atoms with Crippen LogP contribution in [0.4, 0.5) is 0 Å². The van der Waals surface area contributed by atoms with E-state index in [1.807, 2.05) is 51.1 Å². The molecule has 30 heavy (non-hydrogen) atoms. The van der Waals surface area contributed by atoms with Crippen molar-refractivity contribution in [3.63, 3.8) is 0 Å². The maximum absolute atomic E-state index is 12.5. The first kappa shape index (κ1) is 20.6. The predicted molar refractivity (Wildman–Crippen MR) is 124 cm³/mol. The van der Waals surface area contributed by atoms with Crippen LogP contribution in [0.25, 0.3) is 16.8 Å². The van der Waals surface area contributed by atoms with Crippen LogP contribution in [0.3, 0.4) is 0 Å². The average Bonchev–Trinajstić information content (AvgIpc) is 3.23. The first-order valence-electron chi connectivity index (χ1n) is 9.17. The number of halogens is 2. The number of furan rings is 1. The minimum atomic E-state index is -0.417. The third kappa shape index (κ3) is 3.97. The zero-order chi connectivity index (χ0) is 21.4. The second-order valence-corrected chi connectivity index (χ2v) is 8.74. The number of aryl methyl sites for hydroxylation is 2. The lowest BCUT2D eigenvalue weighted by Gasteiger charge is -2.08. The summed E-state index contributed by atoms with van der Waals surface area (Å²) in [5.74, 6) is 0.628. The molecule has 0 spiro atoms. The van der Waals surface area contributed by atoms with E-state index < -0.39 is 5.91 Å². The second kappa shape index (κ2) is 8.20. The highest BCUT2D eigenvalue weighted by molar-refractivity contribution is 9.11. The summed E-state index contributed by atoms with van der Waals surface area (Å²) < 4.78 is 9.39. The van der Waals surface area contributed by atoms with Crippen LogP contribution in [0.1, 0.15) is 33.1 Å². The molecule has 3 aromatic heterocycles. The van der Waals surface area contributed by atoms with Crippen LogP contribution in [0.5, 0.6) is 0 Å². The Morgan fingerprint density at radius 2 is 1.97 bits per heavy atom. The quantitative estimate of drug-likeness (QED) is 0.267. The topological polar surface area (TPSA) is 72.4 Å². The van der Waals surface area contributed by atoms with Crippen LogP contribution in [-0.4, -0.2) is 21.7 Å². The number of nitrogens with zero attached hydrogens (tertiary/aromatic N) is 3. The van der Waals surface area contributed by atoms with Gasteiger partial charge in [-0.2, -0.15) is 5.10 Å². The maximum atomic E-state index is 12.5. The molecule has 6 nitrogen and oxygen atoms in total. The van der Waals surface area contributed by atoms with Gasteiger partial charge >= 0.3 is 5.91 Å². The molecular weight excluding hydrogens is 512 g/mol. The highest BCUT2D eigenvalue weighted by Gasteiger charge is 2.15. The Bertz CT molecular complexity index is 1300. The van der Waals surface area contributed by atoms with Gasteiger partial charge in [0.2, 0.25) is 0 Å². The molecule has 0 radical (unpaired) electrons. The van der Waals surface area contributed by atoms with E-state index in [0.717, 1.165) is 42.7 Å². The maximum Gasteiger partial charge on any atom is 0.307 e. The zero-order valence-corrected chi connectivity index (χ0v) is 19.7. The molecule has 4 rings (SSSR count). The number of amides is 1. The van der Waals surface area contributed by atoms with Crippen LogP contribution < -0.4 is 5.43 Å². The lowest BCUT2D eigenvalue weighted by atomic mass is 10.2. The monoisotopic (exact) mass is 528 g/mol. The van der Waals surface area contributed by atoms with Crippen LogP contribution in [0.15, 0.2) is 61.1 Å². The average molecular weight is 530 g/mol. The fourth-order valence-corrected chi connectivity index (χ4v) is 4.66. The first-order chi connectivity index (χ1) is 14.3. The van der Waals surface area contributed by atoms with Crippen molar-refractivity contribution >= 4 is 55.0 Å². The minimum Gasteiger partial charge on any atom is -0.450 e. The number of carbonyl (C=O) groups excluding carboxylic acids is 1. The van der Waals surface area contributed by atoms with Crippen molar-refractivity contribution in [2.45, 2.75) is 20.8 Å². The van der Waals surface area contributed by atoms with E-state index in [1.165, 1.54) is 0 Å². The van der Waals surface area contributed by atoms with Crippen molar-refractivity contribution in [2.24, 2.45) is 5.10 Å². The van der Waals surface area contributed by atoms with Gasteiger partial charge < -0.3 is 8.98 Å². The van der Waals surface area contributed by atoms with Gasteiger partial charge in [-0.3, -0.25) is 4.79 Å². The summed E-state index contributed by atoms with van der Waals surface area (Å²) >= 11 is 6.87. The summed E-state index contributed by atoms with van der Waals surface area (Å²) in [6.45, 7) is 6.04. The fraction of sp³-hybridized carbons (Fsp3) is 0.136. The Morgan fingerprint density at radius 1 is 1.17 bits per heavy atom. The van der Waals surface area contributed by atoms with Gasteiger partial charge in [-0.05, 0) is 78.7 Å². The number of carbonyl (C=O) groups is 1. The van der Waals surface area contributed by atoms with Gasteiger partial charge in [-0.25, -0.2) is 10.4 Å². The molecule has 0 saturated heterocycles. The number of aromatic nitrogens is 2. The van der Waals surface area contributed by atoms with Crippen LogP contribution in [0, 0.1) is 20.8 Å². The van der Waals surface area contributed by atoms with Crippen LogP contribution in [-0.2, 0) is 0 Å². The molecule has 0 fully saturated rings. The summed E-state index contributed by atoms with van der Waals surface area (Å²) in [6, 6.07) is 11.4. The summed E-state index contributed by atoms with van der Waals surface area (Å²) in [7, 11) is 0. The Hall–Kier alpha value is -2.71. The molecule has 4 aromatic rings. The molecule has 1 amide bonds. The van der Waals surface area contributed by atoms with Gasteiger partial charge in [-0.1, -0.05) is 15.9 Å². The van der Waals surface area contributed by atoms with E-state index in [0.29, 0.717) is 5.58 Å². The van der Waals surface area contributed by atoms with Crippen molar-refractivity contribution in [2.75, 3.05) is 0 Å². The highest BCUT2D eigenvalue weighted by Crippen LogP contribution is 2.31. The van der Waals surface area contributed by atoms with Crippen molar-refractivity contribution in [1.29, 1.82) is 0 Å². The lowest BCUT2D eigenvalue weighted by molar-refractivity contribution is 0.0929. The van der Waals surface area contributed by atoms with Crippen molar-refractivity contribution in [1.82, 2.24) is 15.0 Å². The number of nitrogens with one attached hydrogen (secondary N) is 1. The van der Waals surface area contributed by atoms with E-state index in [2.05, 4.69) is 51.9 Å². The van der Waals surface area contributed by atoms with Gasteiger partial charge in [0.25, 0.3) is 0 Å². The van der Waals surface area contributed by atoms with E-state index in [1.54, 1.807) is 18.5 Å². The van der Waals surface area contributed by atoms with E-state index >= 15 is 0 Å². The fourth-order valence-electron chi connectivity index (χ4n) is 3.32. The van der Waals surface area contributed by atoms with Crippen LogP contribution >= 0.6 is 31.9 Å². The number of hydrazone groups is 1. The van der Waals surface area contributed by atoms with E-state index in [4.69, 9.17) is 4.42 Å². The Labute approximate surface area is 190 Å². The summed E-state index contributed by atoms with van der Waals surface area (Å²) in [4.78, 5) is 16.9. The molecular formula is C22H18Br2N4O2. The summed E-state index contributed by atoms with van der Waals surface area (Å²) in [5.41, 5.74) is 7.20. The smallest absolute Gasteiger partial charge is 0.307 e. The molecule has 1 N–H and O–H groups in total. The number of pyridine rings is 1.